The van der Waals surface area contributed by atoms with Crippen molar-refractivity contribution < 1.29 is 4.79 Å². The summed E-state index contributed by atoms with van der Waals surface area (Å²) >= 11 is 5.93. The lowest BCUT2D eigenvalue weighted by atomic mass is 10.2. The lowest BCUT2D eigenvalue weighted by Crippen LogP contribution is -2.42. The Bertz CT molecular complexity index is 706. The molecule has 1 aliphatic heterocycles. The first-order chi connectivity index (χ1) is 11.6. The highest BCUT2D eigenvalue weighted by molar-refractivity contribution is 6.30. The van der Waals surface area contributed by atoms with Crippen molar-refractivity contribution in [2.75, 3.05) is 19.6 Å². The van der Waals surface area contributed by atoms with E-state index in [1.54, 1.807) is 16.8 Å². The number of nitrogens with one attached hydrogen (secondary N) is 1. The van der Waals surface area contributed by atoms with Crippen LogP contribution in [-0.2, 0) is 0 Å². The summed E-state index contributed by atoms with van der Waals surface area (Å²) < 4.78 is 1.68. The smallest absolute Gasteiger partial charge is 0.293 e. The summed E-state index contributed by atoms with van der Waals surface area (Å²) in [5.74, 6) is 0.839. The molecular weight excluding hydrogens is 326 g/mol. The number of nitrogens with zero attached hydrogens (tertiary/aromatic N) is 4. The Morgan fingerprint density at radius 2 is 2.17 bits per heavy atom. The van der Waals surface area contributed by atoms with Crippen LogP contribution in [-0.4, -0.2) is 51.2 Å². The highest BCUT2D eigenvalue weighted by Crippen LogP contribution is 2.16. The van der Waals surface area contributed by atoms with Gasteiger partial charge in [-0.15, -0.1) is 5.10 Å². The second kappa shape index (κ2) is 7.32. The molecule has 1 atom stereocenters. The number of benzene rings is 1. The van der Waals surface area contributed by atoms with E-state index in [4.69, 9.17) is 11.6 Å². The van der Waals surface area contributed by atoms with E-state index in [0.29, 0.717) is 10.8 Å². The first-order valence-corrected chi connectivity index (χ1v) is 8.69. The number of aromatic nitrogens is 3. The maximum Gasteiger partial charge on any atom is 0.293 e. The Hall–Kier alpha value is -1.92. The lowest BCUT2D eigenvalue weighted by molar-refractivity contribution is 0.0679. The number of halogens is 1. The van der Waals surface area contributed by atoms with Gasteiger partial charge in [-0.25, -0.2) is 9.67 Å². The molecule has 1 fully saturated rings. The van der Waals surface area contributed by atoms with Crippen LogP contribution in [0.1, 0.15) is 36.2 Å². The molecule has 1 amide bonds. The molecule has 24 heavy (non-hydrogen) atoms. The van der Waals surface area contributed by atoms with Crippen LogP contribution in [0.15, 0.2) is 24.3 Å². The molecule has 0 radical (unpaired) electrons. The molecule has 1 saturated heterocycles. The minimum Gasteiger partial charge on any atom is -0.332 e. The van der Waals surface area contributed by atoms with Crippen LogP contribution in [0.25, 0.3) is 5.69 Å². The molecule has 2 heterocycles. The van der Waals surface area contributed by atoms with Crippen molar-refractivity contribution >= 4 is 17.5 Å². The fourth-order valence-electron chi connectivity index (χ4n) is 3.03. The minimum absolute atomic E-state index is 0.0960. The summed E-state index contributed by atoms with van der Waals surface area (Å²) in [4.78, 5) is 19.2. The molecule has 6 nitrogen and oxygen atoms in total. The average molecular weight is 348 g/mol. The van der Waals surface area contributed by atoms with Gasteiger partial charge in [-0.2, -0.15) is 0 Å². The van der Waals surface area contributed by atoms with Gasteiger partial charge in [0.25, 0.3) is 5.91 Å². The molecule has 128 valence electrons. The predicted octanol–water partition coefficient (Wildman–Crippen LogP) is 2.44. The number of hydrogen-bond acceptors (Lipinski definition) is 4. The maximum atomic E-state index is 12.9. The fraction of sp³-hybridized carbons (Fsp3) is 0.471. The number of carbonyl (C=O) groups is 1. The Labute approximate surface area is 146 Å². The van der Waals surface area contributed by atoms with Crippen molar-refractivity contribution in [3.8, 4) is 5.69 Å². The van der Waals surface area contributed by atoms with E-state index < -0.39 is 0 Å². The van der Waals surface area contributed by atoms with Gasteiger partial charge in [-0.1, -0.05) is 18.5 Å². The first kappa shape index (κ1) is 16.9. The van der Waals surface area contributed by atoms with Gasteiger partial charge in [0.05, 0.1) is 5.69 Å². The Morgan fingerprint density at radius 1 is 1.42 bits per heavy atom. The van der Waals surface area contributed by atoms with Gasteiger partial charge in [0.15, 0.2) is 0 Å². The monoisotopic (exact) mass is 347 g/mol. The predicted molar refractivity (Wildman–Crippen MR) is 93.7 cm³/mol. The van der Waals surface area contributed by atoms with Crippen LogP contribution in [0.5, 0.6) is 0 Å². The molecule has 0 saturated carbocycles. The second-order valence-corrected chi connectivity index (χ2v) is 6.45. The summed E-state index contributed by atoms with van der Waals surface area (Å²) in [7, 11) is 0. The molecule has 0 unspecified atom stereocenters. The van der Waals surface area contributed by atoms with Crippen molar-refractivity contribution in [3.63, 3.8) is 0 Å². The van der Waals surface area contributed by atoms with E-state index in [9.17, 15) is 4.79 Å². The number of rotatable bonds is 5. The summed E-state index contributed by atoms with van der Waals surface area (Å²) in [5, 5.41) is 8.41. The minimum atomic E-state index is -0.0960. The van der Waals surface area contributed by atoms with Crippen LogP contribution >= 0.6 is 11.6 Å². The Kier molecular flexibility index (Phi) is 5.16. The van der Waals surface area contributed by atoms with Gasteiger partial charge in [0.1, 0.15) is 5.82 Å². The zero-order valence-electron chi connectivity index (χ0n) is 14.0. The third-order valence-electron chi connectivity index (χ3n) is 4.23. The third kappa shape index (κ3) is 3.44. The normalized spacial score (nSPS) is 17.2. The van der Waals surface area contributed by atoms with E-state index in [1.807, 2.05) is 24.0 Å². The molecule has 2 aromatic rings. The van der Waals surface area contributed by atoms with E-state index >= 15 is 0 Å². The van der Waals surface area contributed by atoms with Gasteiger partial charge >= 0.3 is 0 Å². The lowest BCUT2D eigenvalue weighted by Gasteiger charge is -2.26. The van der Waals surface area contributed by atoms with Gasteiger partial charge < -0.3 is 10.2 Å². The number of amides is 1. The van der Waals surface area contributed by atoms with E-state index in [2.05, 4.69) is 22.3 Å². The quantitative estimate of drug-likeness (QED) is 0.902. The SMILES string of the molecule is CCCN(C(=O)c1nc(C)n(-c2ccc(Cl)cc2)n1)[C@H]1CCNC1. The van der Waals surface area contributed by atoms with Crippen LogP contribution in [0, 0.1) is 6.92 Å². The molecule has 7 heteroatoms. The van der Waals surface area contributed by atoms with E-state index in [1.165, 1.54) is 0 Å². The molecular formula is C17H22ClN5O. The van der Waals surface area contributed by atoms with Crippen LogP contribution < -0.4 is 5.32 Å². The molecule has 1 aliphatic rings. The third-order valence-corrected chi connectivity index (χ3v) is 4.48. The van der Waals surface area contributed by atoms with Crippen LogP contribution in [0.2, 0.25) is 5.02 Å². The molecule has 0 bridgehead atoms. The van der Waals surface area contributed by atoms with Gasteiger partial charge in [-0.3, -0.25) is 4.79 Å². The topological polar surface area (TPSA) is 63.1 Å². The number of aryl methyl sites for hydroxylation is 1. The van der Waals surface area contributed by atoms with Crippen molar-refractivity contribution in [2.45, 2.75) is 32.7 Å². The zero-order chi connectivity index (χ0) is 17.1. The molecule has 0 aliphatic carbocycles. The van der Waals surface area contributed by atoms with Gasteiger partial charge in [-0.05, 0) is 50.6 Å². The standard InChI is InChI=1S/C17H22ClN5O/c1-3-10-22(15-8-9-19-11-15)17(24)16-20-12(2)23(21-16)14-6-4-13(18)5-7-14/h4-7,15,19H,3,8-11H2,1-2H3/t15-/m0/s1. The maximum absolute atomic E-state index is 12.9. The molecule has 1 N–H and O–H groups in total. The van der Waals surface area contributed by atoms with Crippen LogP contribution in [0.4, 0.5) is 0 Å². The Morgan fingerprint density at radius 3 is 2.79 bits per heavy atom. The molecule has 0 spiro atoms. The van der Waals surface area contributed by atoms with E-state index in [0.717, 1.165) is 38.2 Å². The Balaban J connectivity index is 1.87. The highest BCUT2D eigenvalue weighted by Gasteiger charge is 2.29. The summed E-state index contributed by atoms with van der Waals surface area (Å²) in [6.07, 6.45) is 1.89. The van der Waals surface area contributed by atoms with Crippen molar-refractivity contribution in [2.24, 2.45) is 0 Å². The van der Waals surface area contributed by atoms with E-state index in [-0.39, 0.29) is 17.8 Å². The molecule has 1 aromatic carbocycles. The molecule has 3 rings (SSSR count). The van der Waals surface area contributed by atoms with Crippen molar-refractivity contribution in [1.82, 2.24) is 25.0 Å². The summed E-state index contributed by atoms with van der Waals surface area (Å²) in [6, 6.07) is 7.55. The fourth-order valence-corrected chi connectivity index (χ4v) is 3.16. The highest BCUT2D eigenvalue weighted by atomic mass is 35.5. The van der Waals surface area contributed by atoms with Gasteiger partial charge in [0.2, 0.25) is 5.82 Å². The number of hydrogen-bond donors (Lipinski definition) is 1. The zero-order valence-corrected chi connectivity index (χ0v) is 14.8. The summed E-state index contributed by atoms with van der Waals surface area (Å²) in [5.41, 5.74) is 0.841. The first-order valence-electron chi connectivity index (χ1n) is 8.31. The van der Waals surface area contributed by atoms with Crippen molar-refractivity contribution in [3.05, 3.63) is 40.9 Å². The van der Waals surface area contributed by atoms with Gasteiger partial charge in [0, 0.05) is 24.2 Å². The molecule has 1 aromatic heterocycles. The average Bonchev–Trinajstić information content (AvgIpc) is 3.23. The van der Waals surface area contributed by atoms with Crippen molar-refractivity contribution in [1.29, 1.82) is 0 Å². The number of carbonyl (C=O) groups excluding carboxylic acids is 1. The second-order valence-electron chi connectivity index (χ2n) is 6.02. The van der Waals surface area contributed by atoms with Crippen LogP contribution in [0.3, 0.4) is 0 Å². The largest absolute Gasteiger partial charge is 0.332 e. The summed E-state index contributed by atoms with van der Waals surface area (Å²) in [6.45, 7) is 6.43.